The molecule has 0 aromatic carbocycles. The van der Waals surface area contributed by atoms with Crippen LogP contribution in [0.3, 0.4) is 0 Å². The van der Waals surface area contributed by atoms with Gasteiger partial charge in [-0.1, -0.05) is 46.3 Å². The summed E-state index contributed by atoms with van der Waals surface area (Å²) in [6.45, 7) is 12.6. The van der Waals surface area contributed by atoms with Gasteiger partial charge in [0.15, 0.2) is 0 Å². The van der Waals surface area contributed by atoms with Gasteiger partial charge in [-0.05, 0) is 13.3 Å². The van der Waals surface area contributed by atoms with E-state index in [1.54, 1.807) is 6.92 Å². The molecule has 0 spiro atoms. The van der Waals surface area contributed by atoms with Crippen LogP contribution in [0.5, 0.6) is 0 Å². The third-order valence-corrected chi connectivity index (χ3v) is 3.80. The Balaban J connectivity index is 4.55. The molecule has 16 heavy (non-hydrogen) atoms. The van der Waals surface area contributed by atoms with Crippen LogP contribution in [0.2, 0.25) is 19.6 Å². The van der Waals surface area contributed by atoms with E-state index in [4.69, 9.17) is 0 Å². The standard InChI is InChI=1S/C14H26OSi/c1-7-8-10-14(3,13(2)15)11-9-12-16(4,5)6/h7-8,10-11H2,1-6H3/t14-/m1/s1. The van der Waals surface area contributed by atoms with Gasteiger partial charge in [0.05, 0.1) is 0 Å². The molecule has 0 rings (SSSR count). The van der Waals surface area contributed by atoms with Crippen LogP contribution in [0.25, 0.3) is 0 Å². The van der Waals surface area contributed by atoms with Gasteiger partial charge in [0.2, 0.25) is 0 Å². The van der Waals surface area contributed by atoms with Gasteiger partial charge in [-0.3, -0.25) is 4.79 Å². The van der Waals surface area contributed by atoms with Crippen LogP contribution in [-0.2, 0) is 4.79 Å². The number of carbonyl (C=O) groups excluding carboxylic acids is 1. The second-order valence-corrected chi connectivity index (χ2v) is 10.7. The second kappa shape index (κ2) is 6.25. The lowest BCUT2D eigenvalue weighted by atomic mass is 9.79. The fourth-order valence-corrected chi connectivity index (χ4v) is 2.08. The second-order valence-electron chi connectivity index (χ2n) is 5.95. The Morgan fingerprint density at radius 3 is 2.25 bits per heavy atom. The zero-order valence-electron chi connectivity index (χ0n) is 11.7. The van der Waals surface area contributed by atoms with Crippen LogP contribution < -0.4 is 0 Å². The van der Waals surface area contributed by atoms with Crippen molar-refractivity contribution in [3.63, 3.8) is 0 Å². The van der Waals surface area contributed by atoms with Crippen LogP contribution in [0, 0.1) is 16.9 Å². The molecule has 0 bridgehead atoms. The van der Waals surface area contributed by atoms with E-state index in [1.807, 2.05) is 0 Å². The van der Waals surface area contributed by atoms with Crippen molar-refractivity contribution in [2.24, 2.45) is 5.41 Å². The summed E-state index contributed by atoms with van der Waals surface area (Å²) in [6.07, 6.45) is 3.96. The summed E-state index contributed by atoms with van der Waals surface area (Å²) in [5.41, 5.74) is 3.13. The summed E-state index contributed by atoms with van der Waals surface area (Å²) in [5, 5.41) is 0. The molecule has 0 heterocycles. The zero-order valence-corrected chi connectivity index (χ0v) is 12.7. The maximum atomic E-state index is 11.7. The summed E-state index contributed by atoms with van der Waals surface area (Å²) in [7, 11) is -1.30. The minimum absolute atomic E-state index is 0.220. The van der Waals surface area contributed by atoms with Gasteiger partial charge in [0, 0.05) is 11.8 Å². The van der Waals surface area contributed by atoms with Crippen molar-refractivity contribution in [3.05, 3.63) is 0 Å². The number of carbonyl (C=O) groups is 1. The molecule has 0 saturated heterocycles. The molecule has 0 aliphatic heterocycles. The van der Waals surface area contributed by atoms with Crippen LogP contribution in [0.15, 0.2) is 0 Å². The molecule has 0 saturated carbocycles. The van der Waals surface area contributed by atoms with Crippen molar-refractivity contribution in [3.8, 4) is 11.5 Å². The van der Waals surface area contributed by atoms with Gasteiger partial charge in [0.1, 0.15) is 13.9 Å². The molecule has 0 aromatic rings. The molecular weight excluding hydrogens is 212 g/mol. The molecule has 0 unspecified atom stereocenters. The fraction of sp³-hybridized carbons (Fsp3) is 0.786. The molecule has 2 heteroatoms. The first-order valence-electron chi connectivity index (χ1n) is 6.22. The summed E-state index contributed by atoms with van der Waals surface area (Å²) < 4.78 is 0. The lowest BCUT2D eigenvalue weighted by Crippen LogP contribution is -2.25. The number of unbranched alkanes of at least 4 members (excludes halogenated alkanes) is 1. The zero-order chi connectivity index (χ0) is 12.8. The van der Waals surface area contributed by atoms with Crippen molar-refractivity contribution in [2.45, 2.75) is 66.1 Å². The molecular formula is C14H26OSi. The number of Topliss-reactive ketones (excluding diaryl/α,β-unsaturated/α-hetero) is 1. The Morgan fingerprint density at radius 2 is 1.88 bits per heavy atom. The molecule has 0 fully saturated rings. The molecule has 0 aromatic heterocycles. The highest BCUT2D eigenvalue weighted by Gasteiger charge is 2.28. The summed E-state index contributed by atoms with van der Waals surface area (Å²) in [4.78, 5) is 11.7. The Bertz CT molecular complexity index is 290. The van der Waals surface area contributed by atoms with Gasteiger partial charge in [-0.15, -0.1) is 11.5 Å². The first-order chi connectivity index (χ1) is 7.21. The Kier molecular flexibility index (Phi) is 6.03. The van der Waals surface area contributed by atoms with E-state index in [2.05, 4.69) is 45.0 Å². The molecule has 0 radical (unpaired) electrons. The van der Waals surface area contributed by atoms with Crippen LogP contribution >= 0.6 is 0 Å². The van der Waals surface area contributed by atoms with Gasteiger partial charge in [-0.25, -0.2) is 0 Å². The maximum absolute atomic E-state index is 11.7. The number of ketones is 1. The number of hydrogen-bond acceptors (Lipinski definition) is 1. The molecule has 1 atom stereocenters. The van der Waals surface area contributed by atoms with E-state index < -0.39 is 8.07 Å². The number of hydrogen-bond donors (Lipinski definition) is 0. The van der Waals surface area contributed by atoms with Crippen molar-refractivity contribution in [2.75, 3.05) is 0 Å². The molecule has 0 N–H and O–H groups in total. The van der Waals surface area contributed by atoms with E-state index in [0.29, 0.717) is 0 Å². The van der Waals surface area contributed by atoms with Gasteiger partial charge in [0.25, 0.3) is 0 Å². The van der Waals surface area contributed by atoms with Crippen molar-refractivity contribution in [1.82, 2.24) is 0 Å². The average molecular weight is 238 g/mol. The minimum atomic E-state index is -1.30. The highest BCUT2D eigenvalue weighted by atomic mass is 28.3. The molecule has 1 nitrogen and oxygen atoms in total. The topological polar surface area (TPSA) is 17.1 Å². The monoisotopic (exact) mass is 238 g/mol. The highest BCUT2D eigenvalue weighted by Crippen LogP contribution is 2.29. The van der Waals surface area contributed by atoms with E-state index in [9.17, 15) is 4.79 Å². The van der Waals surface area contributed by atoms with Gasteiger partial charge in [-0.2, -0.15) is 0 Å². The molecule has 0 amide bonds. The SMILES string of the molecule is CCCC[C@](C)(CC#C[Si](C)(C)C)C(C)=O. The first-order valence-corrected chi connectivity index (χ1v) is 9.72. The maximum Gasteiger partial charge on any atom is 0.136 e. The third kappa shape index (κ3) is 6.12. The number of rotatable bonds is 5. The highest BCUT2D eigenvalue weighted by molar-refractivity contribution is 6.83. The smallest absolute Gasteiger partial charge is 0.136 e. The van der Waals surface area contributed by atoms with E-state index in [1.165, 1.54) is 0 Å². The third-order valence-electron chi connectivity index (χ3n) is 2.87. The van der Waals surface area contributed by atoms with Crippen molar-refractivity contribution < 1.29 is 4.79 Å². The van der Waals surface area contributed by atoms with E-state index in [-0.39, 0.29) is 11.2 Å². The van der Waals surface area contributed by atoms with Crippen LogP contribution in [-0.4, -0.2) is 13.9 Å². The fourth-order valence-electron chi connectivity index (χ4n) is 1.46. The Hall–Kier alpha value is -0.553. The predicted octanol–water partition coefficient (Wildman–Crippen LogP) is 4.04. The normalized spacial score (nSPS) is 14.9. The molecule has 92 valence electrons. The van der Waals surface area contributed by atoms with E-state index >= 15 is 0 Å². The molecule has 0 aliphatic carbocycles. The minimum Gasteiger partial charge on any atom is -0.299 e. The van der Waals surface area contributed by atoms with Crippen molar-refractivity contribution in [1.29, 1.82) is 0 Å². The lowest BCUT2D eigenvalue weighted by molar-refractivity contribution is -0.125. The first kappa shape index (κ1) is 15.4. The quantitative estimate of drug-likeness (QED) is 0.522. The Morgan fingerprint density at radius 1 is 1.31 bits per heavy atom. The lowest BCUT2D eigenvalue weighted by Gasteiger charge is -2.24. The van der Waals surface area contributed by atoms with E-state index in [0.717, 1.165) is 25.7 Å². The largest absolute Gasteiger partial charge is 0.299 e. The van der Waals surface area contributed by atoms with Gasteiger partial charge < -0.3 is 0 Å². The Labute approximate surface area is 102 Å². The molecule has 0 aliphatic rings. The van der Waals surface area contributed by atoms with Crippen molar-refractivity contribution >= 4 is 13.9 Å². The predicted molar refractivity (Wildman–Crippen MR) is 74.1 cm³/mol. The summed E-state index contributed by atoms with van der Waals surface area (Å²) in [6, 6.07) is 0. The van der Waals surface area contributed by atoms with Crippen LogP contribution in [0.1, 0.15) is 46.5 Å². The summed E-state index contributed by atoms with van der Waals surface area (Å²) in [5.74, 6) is 3.53. The van der Waals surface area contributed by atoms with Gasteiger partial charge >= 0.3 is 0 Å². The average Bonchev–Trinajstić information content (AvgIpc) is 2.12. The van der Waals surface area contributed by atoms with Crippen LogP contribution in [0.4, 0.5) is 0 Å². The summed E-state index contributed by atoms with van der Waals surface area (Å²) >= 11 is 0.